The Bertz CT molecular complexity index is 302. The van der Waals surface area contributed by atoms with E-state index < -0.39 is 0 Å². The molecule has 1 unspecified atom stereocenters. The summed E-state index contributed by atoms with van der Waals surface area (Å²) >= 11 is 0. The van der Waals surface area contributed by atoms with Gasteiger partial charge in [-0.3, -0.25) is 0 Å². The first-order chi connectivity index (χ1) is 8.13. The summed E-state index contributed by atoms with van der Waals surface area (Å²) in [5.41, 5.74) is 2.72. The molecule has 0 aliphatic carbocycles. The number of hydrogen-bond donors (Lipinski definition) is 1. The lowest BCUT2D eigenvalue weighted by atomic mass is 10.0. The van der Waals surface area contributed by atoms with Crippen LogP contribution in [0, 0.1) is 6.92 Å². The normalized spacial score (nSPS) is 14.6. The lowest BCUT2D eigenvalue weighted by molar-refractivity contribution is 0.440. The van der Waals surface area contributed by atoms with Crippen LogP contribution in [0.25, 0.3) is 0 Å². The Balaban J connectivity index is 2.37. The molecule has 0 saturated heterocycles. The maximum absolute atomic E-state index is 3.67. The van der Waals surface area contributed by atoms with Crippen molar-refractivity contribution in [2.45, 2.75) is 65.5 Å². The molecular weight excluding hydrogens is 206 g/mol. The molecule has 0 aromatic heterocycles. The van der Waals surface area contributed by atoms with Crippen molar-refractivity contribution in [3.63, 3.8) is 0 Å². The van der Waals surface area contributed by atoms with Crippen LogP contribution in [-0.2, 0) is 0 Å². The zero-order valence-corrected chi connectivity index (χ0v) is 11.8. The van der Waals surface area contributed by atoms with E-state index in [2.05, 4.69) is 57.3 Å². The molecule has 0 bridgehead atoms. The molecular formula is C16H27N. The van der Waals surface area contributed by atoms with Crippen LogP contribution in [0.15, 0.2) is 24.3 Å². The minimum Gasteiger partial charge on any atom is -0.308 e. The van der Waals surface area contributed by atoms with Crippen LogP contribution in [0.2, 0.25) is 0 Å². The molecule has 0 aliphatic rings. The Morgan fingerprint density at radius 1 is 1.06 bits per heavy atom. The van der Waals surface area contributed by atoms with E-state index in [-0.39, 0.29) is 0 Å². The monoisotopic (exact) mass is 233 g/mol. The summed E-state index contributed by atoms with van der Waals surface area (Å²) in [4.78, 5) is 0. The first-order valence-electron chi connectivity index (χ1n) is 6.96. The molecule has 1 nitrogen and oxygen atoms in total. The first-order valence-corrected chi connectivity index (χ1v) is 6.96. The van der Waals surface area contributed by atoms with Crippen LogP contribution in [0.4, 0.5) is 0 Å². The predicted octanol–water partition coefficient (Wildman–Crippen LogP) is 4.61. The maximum Gasteiger partial charge on any atom is 0.0294 e. The summed E-state index contributed by atoms with van der Waals surface area (Å²) in [5, 5.41) is 3.67. The smallest absolute Gasteiger partial charge is 0.0294 e. The van der Waals surface area contributed by atoms with Crippen LogP contribution < -0.4 is 5.32 Å². The number of hydrogen-bond acceptors (Lipinski definition) is 1. The molecule has 0 saturated carbocycles. The molecule has 1 N–H and O–H groups in total. The van der Waals surface area contributed by atoms with Gasteiger partial charge in [-0.1, -0.05) is 56.0 Å². The van der Waals surface area contributed by atoms with E-state index in [4.69, 9.17) is 0 Å². The SMILES string of the molecule is CCCCCC(C)N[C@@H](C)c1ccc(C)cc1. The molecule has 0 amide bonds. The zero-order chi connectivity index (χ0) is 12.7. The predicted molar refractivity (Wildman–Crippen MR) is 76.3 cm³/mol. The van der Waals surface area contributed by atoms with E-state index in [9.17, 15) is 0 Å². The van der Waals surface area contributed by atoms with Gasteiger partial charge in [0.25, 0.3) is 0 Å². The summed E-state index contributed by atoms with van der Waals surface area (Å²) < 4.78 is 0. The topological polar surface area (TPSA) is 12.0 Å². The molecule has 17 heavy (non-hydrogen) atoms. The van der Waals surface area contributed by atoms with Crippen LogP contribution in [-0.4, -0.2) is 6.04 Å². The van der Waals surface area contributed by atoms with Gasteiger partial charge in [-0.2, -0.15) is 0 Å². The van der Waals surface area contributed by atoms with E-state index in [1.807, 2.05) is 0 Å². The molecule has 0 spiro atoms. The van der Waals surface area contributed by atoms with Crippen LogP contribution in [0.5, 0.6) is 0 Å². The van der Waals surface area contributed by atoms with Crippen molar-refractivity contribution < 1.29 is 0 Å². The average molecular weight is 233 g/mol. The second-order valence-electron chi connectivity index (χ2n) is 5.20. The fourth-order valence-electron chi connectivity index (χ4n) is 2.16. The summed E-state index contributed by atoms with van der Waals surface area (Å²) in [6.07, 6.45) is 5.28. The highest BCUT2D eigenvalue weighted by atomic mass is 14.9. The van der Waals surface area contributed by atoms with Gasteiger partial charge in [0.2, 0.25) is 0 Å². The van der Waals surface area contributed by atoms with Crippen LogP contribution in [0.1, 0.15) is 63.6 Å². The highest BCUT2D eigenvalue weighted by Crippen LogP contribution is 2.15. The van der Waals surface area contributed by atoms with Crippen molar-refractivity contribution in [3.8, 4) is 0 Å². The van der Waals surface area contributed by atoms with Gasteiger partial charge >= 0.3 is 0 Å². The Kier molecular flexibility index (Phi) is 6.28. The summed E-state index contributed by atoms with van der Waals surface area (Å²) in [5.74, 6) is 0. The molecule has 0 radical (unpaired) electrons. The van der Waals surface area contributed by atoms with Crippen molar-refractivity contribution in [1.82, 2.24) is 5.32 Å². The van der Waals surface area contributed by atoms with Gasteiger partial charge < -0.3 is 5.32 Å². The second kappa shape index (κ2) is 7.50. The van der Waals surface area contributed by atoms with Gasteiger partial charge in [0, 0.05) is 12.1 Å². The van der Waals surface area contributed by atoms with Gasteiger partial charge in [0.15, 0.2) is 0 Å². The average Bonchev–Trinajstić information content (AvgIpc) is 2.30. The zero-order valence-electron chi connectivity index (χ0n) is 11.8. The number of rotatable bonds is 7. The Morgan fingerprint density at radius 3 is 2.29 bits per heavy atom. The van der Waals surface area contributed by atoms with Crippen LogP contribution in [0.3, 0.4) is 0 Å². The van der Waals surface area contributed by atoms with E-state index in [1.165, 1.54) is 36.8 Å². The summed E-state index contributed by atoms with van der Waals surface area (Å²) in [6.45, 7) is 8.93. The largest absolute Gasteiger partial charge is 0.308 e. The quantitative estimate of drug-likeness (QED) is 0.678. The molecule has 1 aromatic rings. The molecule has 0 aliphatic heterocycles. The van der Waals surface area contributed by atoms with Crippen molar-refractivity contribution in [2.75, 3.05) is 0 Å². The van der Waals surface area contributed by atoms with Gasteiger partial charge in [0.1, 0.15) is 0 Å². The third-order valence-electron chi connectivity index (χ3n) is 3.35. The second-order valence-corrected chi connectivity index (χ2v) is 5.20. The maximum atomic E-state index is 3.67. The number of nitrogens with one attached hydrogen (secondary N) is 1. The van der Waals surface area contributed by atoms with E-state index in [0.717, 1.165) is 0 Å². The van der Waals surface area contributed by atoms with E-state index >= 15 is 0 Å². The van der Waals surface area contributed by atoms with Gasteiger partial charge in [-0.15, -0.1) is 0 Å². The van der Waals surface area contributed by atoms with E-state index in [0.29, 0.717) is 12.1 Å². The third-order valence-corrected chi connectivity index (χ3v) is 3.35. The van der Waals surface area contributed by atoms with Crippen LogP contribution >= 0.6 is 0 Å². The Labute approximate surface area is 107 Å². The Hall–Kier alpha value is -0.820. The summed E-state index contributed by atoms with van der Waals surface area (Å²) in [6, 6.07) is 9.90. The van der Waals surface area contributed by atoms with Crippen molar-refractivity contribution in [3.05, 3.63) is 35.4 Å². The van der Waals surface area contributed by atoms with Crippen molar-refractivity contribution in [1.29, 1.82) is 0 Å². The standard InChI is InChI=1S/C16H27N/c1-5-6-7-8-14(3)17-15(4)16-11-9-13(2)10-12-16/h9-12,14-15,17H,5-8H2,1-4H3/t14?,15-/m0/s1. The highest BCUT2D eigenvalue weighted by Gasteiger charge is 2.08. The minimum atomic E-state index is 0.451. The lowest BCUT2D eigenvalue weighted by Gasteiger charge is -2.20. The molecule has 0 fully saturated rings. The van der Waals surface area contributed by atoms with Gasteiger partial charge in [-0.25, -0.2) is 0 Å². The number of benzene rings is 1. The van der Waals surface area contributed by atoms with Gasteiger partial charge in [0.05, 0.1) is 0 Å². The molecule has 2 atom stereocenters. The molecule has 1 aromatic carbocycles. The van der Waals surface area contributed by atoms with Crippen molar-refractivity contribution in [2.24, 2.45) is 0 Å². The first kappa shape index (κ1) is 14.2. The van der Waals surface area contributed by atoms with Crippen molar-refractivity contribution >= 4 is 0 Å². The summed E-state index contributed by atoms with van der Waals surface area (Å²) in [7, 11) is 0. The molecule has 1 heteroatoms. The van der Waals surface area contributed by atoms with E-state index in [1.54, 1.807) is 0 Å². The lowest BCUT2D eigenvalue weighted by Crippen LogP contribution is -2.28. The molecule has 0 heterocycles. The fraction of sp³-hybridized carbons (Fsp3) is 0.625. The Morgan fingerprint density at radius 2 is 1.71 bits per heavy atom. The highest BCUT2D eigenvalue weighted by molar-refractivity contribution is 5.23. The number of unbranched alkanes of at least 4 members (excludes halogenated alkanes) is 2. The third kappa shape index (κ3) is 5.36. The minimum absolute atomic E-state index is 0.451. The molecule has 1 rings (SSSR count). The van der Waals surface area contributed by atoms with Gasteiger partial charge in [-0.05, 0) is 32.8 Å². The fourth-order valence-corrected chi connectivity index (χ4v) is 2.16. The number of aryl methyl sites for hydroxylation is 1. The molecule has 96 valence electrons.